The molecule has 17 heavy (non-hydrogen) atoms. The van der Waals surface area contributed by atoms with Gasteiger partial charge >= 0.3 is 0 Å². The summed E-state index contributed by atoms with van der Waals surface area (Å²) in [4.78, 5) is 0. The van der Waals surface area contributed by atoms with Gasteiger partial charge in [-0.2, -0.15) is 5.26 Å². The molecule has 1 N–H and O–H groups in total. The van der Waals surface area contributed by atoms with Gasteiger partial charge in [0.1, 0.15) is 0 Å². The fourth-order valence-electron chi connectivity index (χ4n) is 2.48. The van der Waals surface area contributed by atoms with Crippen molar-refractivity contribution in [1.82, 2.24) is 5.32 Å². The van der Waals surface area contributed by atoms with Gasteiger partial charge < -0.3 is 5.32 Å². The molecule has 1 fully saturated rings. The Labute approximate surface area is 111 Å². The third-order valence-electron chi connectivity index (χ3n) is 3.52. The first-order valence-electron chi connectivity index (χ1n) is 6.12. The second-order valence-corrected chi connectivity index (χ2v) is 5.63. The number of hydrogen-bond donors (Lipinski definition) is 1. The Hall–Kier alpha value is -0.850. The Bertz CT molecular complexity index is 407. The van der Waals surface area contributed by atoms with Crippen molar-refractivity contribution in [2.75, 3.05) is 0 Å². The standard InChI is InChI=1S/C14H17BrN2/c1-10(11-5-7-13(15)8-6-11)17-14-4-2-3-12(14)9-16/h5-8,10,12,14,17H,2-4H2,1H3. The summed E-state index contributed by atoms with van der Waals surface area (Å²) in [5.41, 5.74) is 1.27. The quantitative estimate of drug-likeness (QED) is 0.920. The molecule has 2 rings (SSSR count). The van der Waals surface area contributed by atoms with E-state index in [1.54, 1.807) is 0 Å². The van der Waals surface area contributed by atoms with Crippen molar-refractivity contribution in [3.8, 4) is 6.07 Å². The molecular weight excluding hydrogens is 276 g/mol. The van der Waals surface area contributed by atoms with Crippen LogP contribution in [0.5, 0.6) is 0 Å². The van der Waals surface area contributed by atoms with Crippen LogP contribution in [-0.2, 0) is 0 Å². The van der Waals surface area contributed by atoms with E-state index in [0.717, 1.165) is 17.3 Å². The zero-order valence-corrected chi connectivity index (χ0v) is 11.6. The number of halogens is 1. The molecule has 0 saturated heterocycles. The number of nitriles is 1. The minimum atomic E-state index is 0.188. The van der Waals surface area contributed by atoms with E-state index in [1.807, 2.05) is 0 Å². The highest BCUT2D eigenvalue weighted by molar-refractivity contribution is 9.10. The van der Waals surface area contributed by atoms with Gasteiger partial charge in [0, 0.05) is 16.6 Å². The van der Waals surface area contributed by atoms with Crippen molar-refractivity contribution in [1.29, 1.82) is 5.26 Å². The Balaban J connectivity index is 1.99. The van der Waals surface area contributed by atoms with Crippen molar-refractivity contribution in [2.45, 2.75) is 38.3 Å². The molecule has 0 heterocycles. The van der Waals surface area contributed by atoms with Crippen LogP contribution in [0, 0.1) is 17.2 Å². The second kappa shape index (κ2) is 5.66. The SMILES string of the molecule is CC(NC1CCCC1C#N)c1ccc(Br)cc1. The Morgan fingerprint density at radius 1 is 1.35 bits per heavy atom. The molecule has 0 radical (unpaired) electrons. The molecule has 0 bridgehead atoms. The van der Waals surface area contributed by atoms with Gasteiger partial charge in [0.2, 0.25) is 0 Å². The zero-order chi connectivity index (χ0) is 12.3. The molecule has 1 aromatic rings. The molecule has 1 aliphatic rings. The maximum absolute atomic E-state index is 9.06. The van der Waals surface area contributed by atoms with Crippen LogP contribution in [0.15, 0.2) is 28.7 Å². The summed E-state index contributed by atoms with van der Waals surface area (Å²) >= 11 is 3.44. The number of hydrogen-bond acceptors (Lipinski definition) is 2. The number of nitrogens with zero attached hydrogens (tertiary/aromatic N) is 1. The van der Waals surface area contributed by atoms with Crippen LogP contribution >= 0.6 is 15.9 Å². The topological polar surface area (TPSA) is 35.8 Å². The molecule has 0 aliphatic heterocycles. The number of nitrogens with one attached hydrogen (secondary N) is 1. The van der Waals surface area contributed by atoms with Crippen molar-refractivity contribution in [3.05, 3.63) is 34.3 Å². The van der Waals surface area contributed by atoms with Crippen molar-refractivity contribution >= 4 is 15.9 Å². The van der Waals surface area contributed by atoms with Crippen LogP contribution in [0.1, 0.15) is 37.8 Å². The van der Waals surface area contributed by atoms with Gasteiger partial charge in [0.05, 0.1) is 12.0 Å². The van der Waals surface area contributed by atoms with E-state index in [2.05, 4.69) is 58.5 Å². The average Bonchev–Trinajstić information content (AvgIpc) is 2.77. The minimum absolute atomic E-state index is 0.188. The first-order valence-corrected chi connectivity index (χ1v) is 6.91. The molecule has 0 spiro atoms. The van der Waals surface area contributed by atoms with Crippen molar-refractivity contribution in [2.24, 2.45) is 5.92 Å². The molecule has 1 aromatic carbocycles. The fourth-order valence-corrected chi connectivity index (χ4v) is 2.75. The normalized spacial score (nSPS) is 25.5. The Morgan fingerprint density at radius 3 is 2.71 bits per heavy atom. The monoisotopic (exact) mass is 292 g/mol. The van der Waals surface area contributed by atoms with Gasteiger partial charge in [0.25, 0.3) is 0 Å². The summed E-state index contributed by atoms with van der Waals surface area (Å²) in [7, 11) is 0. The molecule has 2 nitrogen and oxygen atoms in total. The van der Waals surface area contributed by atoms with E-state index in [0.29, 0.717) is 12.1 Å². The van der Waals surface area contributed by atoms with E-state index in [4.69, 9.17) is 5.26 Å². The van der Waals surface area contributed by atoms with E-state index in [9.17, 15) is 0 Å². The van der Waals surface area contributed by atoms with Gasteiger partial charge in [-0.15, -0.1) is 0 Å². The zero-order valence-electron chi connectivity index (χ0n) is 9.99. The van der Waals surface area contributed by atoms with E-state index in [1.165, 1.54) is 12.0 Å². The van der Waals surface area contributed by atoms with Crippen LogP contribution in [0.4, 0.5) is 0 Å². The summed E-state index contributed by atoms with van der Waals surface area (Å²) in [6.07, 6.45) is 3.34. The predicted octanol–water partition coefficient (Wildman–Crippen LogP) is 3.79. The lowest BCUT2D eigenvalue weighted by molar-refractivity contribution is 0.417. The van der Waals surface area contributed by atoms with Gasteiger partial charge in [0.15, 0.2) is 0 Å². The van der Waals surface area contributed by atoms with E-state index in [-0.39, 0.29) is 5.92 Å². The van der Waals surface area contributed by atoms with E-state index < -0.39 is 0 Å². The van der Waals surface area contributed by atoms with Crippen LogP contribution < -0.4 is 5.32 Å². The molecule has 3 unspecified atom stereocenters. The first kappa shape index (κ1) is 12.6. The largest absolute Gasteiger partial charge is 0.306 e. The van der Waals surface area contributed by atoms with Crippen LogP contribution in [0.3, 0.4) is 0 Å². The summed E-state index contributed by atoms with van der Waals surface area (Å²) < 4.78 is 1.10. The van der Waals surface area contributed by atoms with Gasteiger partial charge in [-0.3, -0.25) is 0 Å². The Morgan fingerprint density at radius 2 is 2.06 bits per heavy atom. The lowest BCUT2D eigenvalue weighted by Gasteiger charge is -2.22. The fraction of sp³-hybridized carbons (Fsp3) is 0.500. The minimum Gasteiger partial charge on any atom is -0.306 e. The molecule has 0 amide bonds. The summed E-state index contributed by atoms with van der Waals surface area (Å²) in [6, 6.07) is 11.4. The lowest BCUT2D eigenvalue weighted by atomic mass is 10.0. The van der Waals surface area contributed by atoms with Gasteiger partial charge in [-0.25, -0.2) is 0 Å². The van der Waals surface area contributed by atoms with Crippen LogP contribution in [-0.4, -0.2) is 6.04 Å². The Kier molecular flexibility index (Phi) is 4.20. The van der Waals surface area contributed by atoms with Crippen LogP contribution in [0.25, 0.3) is 0 Å². The third-order valence-corrected chi connectivity index (χ3v) is 4.04. The summed E-state index contributed by atoms with van der Waals surface area (Å²) in [5, 5.41) is 12.6. The first-order chi connectivity index (χ1) is 8.20. The molecule has 3 atom stereocenters. The average molecular weight is 293 g/mol. The molecule has 1 saturated carbocycles. The van der Waals surface area contributed by atoms with Crippen molar-refractivity contribution < 1.29 is 0 Å². The molecular formula is C14H17BrN2. The number of benzene rings is 1. The van der Waals surface area contributed by atoms with E-state index >= 15 is 0 Å². The highest BCUT2D eigenvalue weighted by Gasteiger charge is 2.28. The number of rotatable bonds is 3. The third kappa shape index (κ3) is 3.08. The highest BCUT2D eigenvalue weighted by Crippen LogP contribution is 2.27. The molecule has 1 aliphatic carbocycles. The maximum atomic E-state index is 9.06. The molecule has 0 aromatic heterocycles. The smallest absolute Gasteiger partial charge is 0.0672 e. The summed E-state index contributed by atoms with van der Waals surface area (Å²) in [6.45, 7) is 2.16. The summed E-state index contributed by atoms with van der Waals surface area (Å²) in [5.74, 6) is 0.188. The van der Waals surface area contributed by atoms with Crippen molar-refractivity contribution in [3.63, 3.8) is 0 Å². The molecule has 3 heteroatoms. The lowest BCUT2D eigenvalue weighted by Crippen LogP contribution is -2.33. The predicted molar refractivity (Wildman–Crippen MR) is 72.4 cm³/mol. The van der Waals surface area contributed by atoms with Crippen LogP contribution in [0.2, 0.25) is 0 Å². The van der Waals surface area contributed by atoms with Gasteiger partial charge in [-0.05, 0) is 37.5 Å². The van der Waals surface area contributed by atoms with Gasteiger partial charge in [-0.1, -0.05) is 34.5 Å². The maximum Gasteiger partial charge on any atom is 0.0672 e. The second-order valence-electron chi connectivity index (χ2n) is 4.71. The highest BCUT2D eigenvalue weighted by atomic mass is 79.9. The molecule has 90 valence electrons.